The number of hydrogen-bond donors (Lipinski definition) is 0. The van der Waals surface area contributed by atoms with Crippen LogP contribution in [0.5, 0.6) is 0 Å². The quantitative estimate of drug-likeness (QED) is 0.173. The third-order valence-electron chi connectivity index (χ3n) is 12.9. The molecule has 4 aromatic carbocycles. The van der Waals surface area contributed by atoms with Crippen molar-refractivity contribution in [1.82, 2.24) is 15.0 Å². The van der Waals surface area contributed by atoms with E-state index in [-0.39, 0.29) is 22.7 Å². The molecule has 274 valence electrons. The van der Waals surface area contributed by atoms with E-state index in [2.05, 4.69) is 182 Å². The van der Waals surface area contributed by atoms with Crippen molar-refractivity contribution in [3.8, 4) is 33.9 Å². The van der Waals surface area contributed by atoms with Crippen LogP contribution in [0.15, 0.2) is 192 Å². The fourth-order valence-corrected chi connectivity index (χ4v) is 11.8. The van der Waals surface area contributed by atoms with Gasteiger partial charge in [-0.15, -0.1) is 11.8 Å². The molecule has 1 aromatic heterocycles. The predicted molar refractivity (Wildman–Crippen MR) is 230 cm³/mol. The van der Waals surface area contributed by atoms with Gasteiger partial charge in [-0.25, -0.2) is 15.0 Å². The second kappa shape index (κ2) is 13.0. The van der Waals surface area contributed by atoms with Crippen LogP contribution in [-0.4, -0.2) is 25.8 Å². The van der Waals surface area contributed by atoms with Gasteiger partial charge in [0.2, 0.25) is 0 Å². The molecule has 7 atom stereocenters. The zero-order chi connectivity index (χ0) is 37.5. The molecule has 7 unspecified atom stereocenters. The lowest BCUT2D eigenvalue weighted by molar-refractivity contribution is 0.151. The maximum absolute atomic E-state index is 7.05. The molecule has 5 aromatic rings. The first-order chi connectivity index (χ1) is 28.2. The summed E-state index contributed by atoms with van der Waals surface area (Å²) in [5, 5.41) is 0. The highest BCUT2D eigenvalue weighted by atomic mass is 32.2. The Morgan fingerprint density at radius 2 is 1.40 bits per heavy atom. The Bertz CT molecular complexity index is 2750. The molecular formula is C52H39N3OS. The van der Waals surface area contributed by atoms with E-state index >= 15 is 0 Å². The van der Waals surface area contributed by atoms with Gasteiger partial charge in [-0.1, -0.05) is 158 Å². The summed E-state index contributed by atoms with van der Waals surface area (Å²) in [6.45, 7) is 0. The van der Waals surface area contributed by atoms with Crippen molar-refractivity contribution in [3.63, 3.8) is 0 Å². The molecule has 2 aliphatic heterocycles. The Balaban J connectivity index is 0.902. The minimum Gasteiger partial charge on any atom is -0.489 e. The molecule has 5 heteroatoms. The molecule has 1 fully saturated rings. The summed E-state index contributed by atoms with van der Waals surface area (Å²) in [4.78, 5) is 17.0. The first-order valence-corrected chi connectivity index (χ1v) is 21.0. The first kappa shape index (κ1) is 33.1. The van der Waals surface area contributed by atoms with Gasteiger partial charge < -0.3 is 4.74 Å². The van der Waals surface area contributed by atoms with Gasteiger partial charge in [-0.05, 0) is 58.9 Å². The number of nitrogens with zero attached hydrogens (tertiary/aromatic N) is 3. The minimum absolute atomic E-state index is 0.132. The average molecular weight is 754 g/mol. The van der Waals surface area contributed by atoms with Gasteiger partial charge in [0.15, 0.2) is 17.5 Å². The van der Waals surface area contributed by atoms with Crippen molar-refractivity contribution in [2.75, 3.05) is 0 Å². The van der Waals surface area contributed by atoms with Crippen LogP contribution in [0, 0.1) is 11.8 Å². The highest BCUT2D eigenvalue weighted by molar-refractivity contribution is 8.01. The molecule has 0 bridgehead atoms. The molecule has 0 radical (unpaired) electrons. The van der Waals surface area contributed by atoms with Crippen molar-refractivity contribution >= 4 is 17.3 Å². The van der Waals surface area contributed by atoms with Gasteiger partial charge in [-0.2, -0.15) is 0 Å². The van der Waals surface area contributed by atoms with Gasteiger partial charge in [0, 0.05) is 56.8 Å². The van der Waals surface area contributed by atoms with Gasteiger partial charge in [0.25, 0.3) is 0 Å². The summed E-state index contributed by atoms with van der Waals surface area (Å²) in [5.74, 6) is 4.98. The Labute approximate surface area is 337 Å². The molecule has 57 heavy (non-hydrogen) atoms. The van der Waals surface area contributed by atoms with Gasteiger partial charge in [0.1, 0.15) is 11.9 Å². The molecule has 12 rings (SSSR count). The topological polar surface area (TPSA) is 47.9 Å². The second-order valence-electron chi connectivity index (χ2n) is 16.1. The van der Waals surface area contributed by atoms with Gasteiger partial charge >= 0.3 is 0 Å². The largest absolute Gasteiger partial charge is 0.489 e. The van der Waals surface area contributed by atoms with Gasteiger partial charge in [-0.3, -0.25) is 0 Å². The van der Waals surface area contributed by atoms with E-state index in [1.54, 1.807) is 0 Å². The number of rotatable bonds is 6. The maximum atomic E-state index is 7.05. The number of benzene rings is 4. The van der Waals surface area contributed by atoms with Crippen molar-refractivity contribution in [3.05, 3.63) is 210 Å². The number of ether oxygens (including phenoxy) is 1. The fraction of sp³-hybridized carbons (Fsp3) is 0.173. The average Bonchev–Trinajstić information content (AvgIpc) is 3.59. The summed E-state index contributed by atoms with van der Waals surface area (Å²) in [6.07, 6.45) is 31.3. The van der Waals surface area contributed by atoms with E-state index in [4.69, 9.17) is 19.7 Å². The lowest BCUT2D eigenvalue weighted by Crippen LogP contribution is -2.18. The van der Waals surface area contributed by atoms with Crippen LogP contribution in [0.25, 0.3) is 39.5 Å². The van der Waals surface area contributed by atoms with Crippen LogP contribution in [0.4, 0.5) is 0 Å². The molecule has 4 nitrogen and oxygen atoms in total. The summed E-state index contributed by atoms with van der Waals surface area (Å²) in [5.41, 5.74) is 10.7. The Morgan fingerprint density at radius 3 is 2.28 bits per heavy atom. The SMILES string of the molecule is C1=CCC(c2cccc(-c3nc(C4=CC5OC6=C(C=CCC6c6cccc7c6SC68C=CC=CC6C78)C5C=C4)nc(-c4cccc(-c5ccccc5)c4)n3)c2)C=C1. The van der Waals surface area contributed by atoms with Crippen LogP contribution >= 0.6 is 11.8 Å². The maximum Gasteiger partial charge on any atom is 0.164 e. The van der Waals surface area contributed by atoms with E-state index in [1.807, 2.05) is 6.07 Å². The number of hydrogen-bond acceptors (Lipinski definition) is 5. The van der Waals surface area contributed by atoms with Crippen molar-refractivity contribution in [1.29, 1.82) is 0 Å². The van der Waals surface area contributed by atoms with Crippen molar-refractivity contribution < 1.29 is 4.74 Å². The molecule has 1 saturated carbocycles. The summed E-state index contributed by atoms with van der Waals surface area (Å²) in [7, 11) is 0. The van der Waals surface area contributed by atoms with Crippen LogP contribution in [0.1, 0.15) is 53.1 Å². The number of fused-ring (bicyclic) bond motifs is 5. The molecule has 0 saturated heterocycles. The zero-order valence-electron chi connectivity index (χ0n) is 31.3. The molecule has 3 heterocycles. The normalized spacial score (nSPS) is 28.0. The molecule has 1 spiro atoms. The van der Waals surface area contributed by atoms with E-state index in [0.29, 0.717) is 35.2 Å². The Kier molecular flexibility index (Phi) is 7.56. The Morgan fingerprint density at radius 1 is 0.632 bits per heavy atom. The monoisotopic (exact) mass is 753 g/mol. The van der Waals surface area contributed by atoms with Crippen LogP contribution in [0.2, 0.25) is 0 Å². The minimum atomic E-state index is -0.132. The van der Waals surface area contributed by atoms with Crippen LogP contribution in [-0.2, 0) is 4.74 Å². The molecular weight excluding hydrogens is 715 g/mol. The number of allylic oxidation sites excluding steroid dienone is 12. The summed E-state index contributed by atoms with van der Waals surface area (Å²) in [6, 6.07) is 34.7. The number of aromatic nitrogens is 3. The molecule has 7 aliphatic rings. The summed E-state index contributed by atoms with van der Waals surface area (Å²) < 4.78 is 7.26. The highest BCUT2D eigenvalue weighted by Crippen LogP contribution is 2.76. The second-order valence-corrected chi connectivity index (χ2v) is 17.4. The summed E-state index contributed by atoms with van der Waals surface area (Å²) >= 11 is 2.09. The molecule has 0 N–H and O–H groups in total. The third-order valence-corrected chi connectivity index (χ3v) is 14.5. The lowest BCUT2D eigenvalue weighted by atomic mass is 9.82. The van der Waals surface area contributed by atoms with Gasteiger partial charge in [0.05, 0.1) is 4.75 Å². The van der Waals surface area contributed by atoms with Crippen LogP contribution in [0.3, 0.4) is 0 Å². The standard InChI is InChI=1S/C52H39N3OS/c1-3-13-32(14-4-1)34-17-9-19-36(29-34)49-53-50(37-20-10-18-35(30-37)33-15-5-2-6-16-33)55-51(54-49)38-26-27-39-40-21-11-22-41(47(40)56-45(39)31-38)42-23-12-24-43-46-44-25-7-8-28-52(44,46)57-48(42)43/h1-15,17-21,23-31,33,39,41,44-46H,16,22H2. The Hall–Kier alpha value is -6.04. The third kappa shape index (κ3) is 5.39. The highest BCUT2D eigenvalue weighted by Gasteiger charge is 2.68. The van der Waals surface area contributed by atoms with E-state index in [9.17, 15) is 0 Å². The predicted octanol–water partition coefficient (Wildman–Crippen LogP) is 12.1. The van der Waals surface area contributed by atoms with Crippen molar-refractivity contribution in [2.45, 2.75) is 46.3 Å². The van der Waals surface area contributed by atoms with Crippen LogP contribution < -0.4 is 0 Å². The van der Waals surface area contributed by atoms with E-state index in [0.717, 1.165) is 46.4 Å². The molecule has 0 amide bonds. The first-order valence-electron chi connectivity index (χ1n) is 20.2. The fourth-order valence-electron chi connectivity index (χ4n) is 9.99. The number of thioether (sulfide) groups is 1. The smallest absolute Gasteiger partial charge is 0.164 e. The molecule has 5 aliphatic carbocycles. The zero-order valence-corrected chi connectivity index (χ0v) is 32.1. The lowest BCUT2D eigenvalue weighted by Gasteiger charge is -2.25. The van der Waals surface area contributed by atoms with E-state index in [1.165, 1.54) is 27.2 Å². The van der Waals surface area contributed by atoms with Crippen molar-refractivity contribution in [2.24, 2.45) is 11.8 Å². The van der Waals surface area contributed by atoms with E-state index < -0.39 is 0 Å².